The fraction of sp³-hybridized carbons (Fsp3) is 0.375. The highest BCUT2D eigenvalue weighted by atomic mass is 16.2. The highest BCUT2D eigenvalue weighted by Crippen LogP contribution is 2.38. The van der Waals surface area contributed by atoms with Gasteiger partial charge in [-0.15, -0.1) is 5.10 Å². The molecule has 1 saturated carbocycles. The highest BCUT2D eigenvalue weighted by molar-refractivity contribution is 5.91. The second-order valence-corrected chi connectivity index (χ2v) is 5.45. The zero-order valence-electron chi connectivity index (χ0n) is 12.1. The van der Waals surface area contributed by atoms with Crippen molar-refractivity contribution in [2.45, 2.75) is 25.2 Å². The maximum Gasteiger partial charge on any atom is 0.274 e. The van der Waals surface area contributed by atoms with Gasteiger partial charge in [-0.1, -0.05) is 0 Å². The van der Waals surface area contributed by atoms with Crippen molar-refractivity contribution in [3.63, 3.8) is 0 Å². The summed E-state index contributed by atoms with van der Waals surface area (Å²) in [5, 5.41) is 8.22. The number of carbonyl (C=O) groups excluding carboxylic acids is 1. The van der Waals surface area contributed by atoms with Crippen molar-refractivity contribution in [1.29, 1.82) is 0 Å². The Morgan fingerprint density at radius 1 is 1.19 bits per heavy atom. The Morgan fingerprint density at radius 3 is 2.57 bits per heavy atom. The van der Waals surface area contributed by atoms with Crippen LogP contribution in [0.5, 0.6) is 0 Å². The van der Waals surface area contributed by atoms with Crippen LogP contribution in [0.4, 0.5) is 0 Å². The lowest BCUT2D eigenvalue weighted by Crippen LogP contribution is -2.29. The van der Waals surface area contributed by atoms with Crippen LogP contribution in [0, 0.1) is 0 Å². The van der Waals surface area contributed by atoms with Gasteiger partial charge < -0.3 is 4.90 Å². The van der Waals surface area contributed by atoms with Crippen molar-refractivity contribution in [1.82, 2.24) is 20.1 Å². The molecule has 21 heavy (non-hydrogen) atoms. The predicted molar refractivity (Wildman–Crippen MR) is 78.9 cm³/mol. The summed E-state index contributed by atoms with van der Waals surface area (Å²) in [6.45, 7) is 0.648. The van der Waals surface area contributed by atoms with E-state index in [1.165, 1.54) is 18.4 Å². The highest BCUT2D eigenvalue weighted by Gasteiger charge is 2.25. The summed E-state index contributed by atoms with van der Waals surface area (Å²) in [4.78, 5) is 17.9. The molecule has 5 heteroatoms. The quantitative estimate of drug-likeness (QED) is 0.842. The smallest absolute Gasteiger partial charge is 0.274 e. The molecule has 0 N–H and O–H groups in total. The molecule has 0 atom stereocenters. The van der Waals surface area contributed by atoms with Crippen molar-refractivity contribution in [3.05, 3.63) is 53.6 Å². The molecule has 0 unspecified atom stereocenters. The Hall–Kier alpha value is -2.30. The van der Waals surface area contributed by atoms with Gasteiger partial charge in [-0.25, -0.2) is 0 Å². The van der Waals surface area contributed by atoms with Crippen LogP contribution in [0.25, 0.3) is 0 Å². The Morgan fingerprint density at radius 2 is 1.95 bits per heavy atom. The lowest BCUT2D eigenvalue weighted by molar-refractivity contribution is 0.0789. The summed E-state index contributed by atoms with van der Waals surface area (Å²) >= 11 is 0. The summed E-state index contributed by atoms with van der Waals surface area (Å²) in [6.07, 6.45) is 6.71. The van der Waals surface area contributed by atoms with Gasteiger partial charge in [0, 0.05) is 31.9 Å². The van der Waals surface area contributed by atoms with E-state index in [1.54, 1.807) is 30.4 Å². The Bertz CT molecular complexity index is 608. The number of nitrogens with zero attached hydrogens (tertiary/aromatic N) is 4. The molecule has 2 aromatic rings. The van der Waals surface area contributed by atoms with E-state index in [9.17, 15) is 4.79 Å². The number of hydrogen-bond donors (Lipinski definition) is 0. The van der Waals surface area contributed by atoms with Crippen LogP contribution < -0.4 is 0 Å². The number of rotatable bonds is 5. The van der Waals surface area contributed by atoms with E-state index in [2.05, 4.69) is 15.2 Å². The van der Waals surface area contributed by atoms with Gasteiger partial charge in [-0.2, -0.15) is 5.10 Å². The molecule has 0 aromatic carbocycles. The molecule has 0 radical (unpaired) electrons. The van der Waals surface area contributed by atoms with Crippen LogP contribution in [-0.4, -0.2) is 39.6 Å². The van der Waals surface area contributed by atoms with Crippen molar-refractivity contribution >= 4 is 5.91 Å². The summed E-state index contributed by atoms with van der Waals surface area (Å²) in [7, 11) is 1.79. The van der Waals surface area contributed by atoms with Crippen molar-refractivity contribution in [2.75, 3.05) is 13.6 Å². The summed E-state index contributed by atoms with van der Waals surface area (Å²) < 4.78 is 0. The van der Waals surface area contributed by atoms with Gasteiger partial charge in [0.1, 0.15) is 0 Å². The molecular weight excluding hydrogens is 264 g/mol. The van der Waals surface area contributed by atoms with Crippen molar-refractivity contribution in [2.24, 2.45) is 0 Å². The van der Waals surface area contributed by atoms with Gasteiger partial charge in [-0.3, -0.25) is 9.78 Å². The zero-order chi connectivity index (χ0) is 14.7. The van der Waals surface area contributed by atoms with Gasteiger partial charge in [-0.05, 0) is 49.1 Å². The van der Waals surface area contributed by atoms with E-state index in [1.807, 2.05) is 18.2 Å². The summed E-state index contributed by atoms with van der Waals surface area (Å²) in [5.74, 6) is 0.477. The van der Waals surface area contributed by atoms with Crippen LogP contribution in [0.3, 0.4) is 0 Å². The normalized spacial score (nSPS) is 14.0. The number of amides is 1. The molecule has 0 aliphatic heterocycles. The van der Waals surface area contributed by atoms with Gasteiger partial charge >= 0.3 is 0 Å². The first-order valence-electron chi connectivity index (χ1n) is 7.22. The third-order valence-corrected chi connectivity index (χ3v) is 3.73. The molecule has 2 aromatic heterocycles. The SMILES string of the molecule is CN(CCc1ccncc1)C(=O)c1ccc(C2CC2)nn1. The van der Waals surface area contributed by atoms with Crippen molar-refractivity contribution < 1.29 is 4.79 Å². The first-order valence-corrected chi connectivity index (χ1v) is 7.22. The number of carbonyl (C=O) groups is 1. The molecular formula is C16H18N4O. The fourth-order valence-electron chi connectivity index (χ4n) is 2.20. The molecule has 5 nitrogen and oxygen atoms in total. The first kappa shape index (κ1) is 13.7. The van der Waals surface area contributed by atoms with Crippen LogP contribution in [0.15, 0.2) is 36.7 Å². The molecule has 1 fully saturated rings. The molecule has 1 aliphatic rings. The minimum Gasteiger partial charge on any atom is -0.340 e. The van der Waals surface area contributed by atoms with E-state index >= 15 is 0 Å². The molecule has 3 rings (SSSR count). The first-order chi connectivity index (χ1) is 10.2. The molecule has 108 valence electrons. The van der Waals surface area contributed by atoms with E-state index in [-0.39, 0.29) is 5.91 Å². The number of likely N-dealkylation sites (N-methyl/N-ethyl adjacent to an activating group) is 1. The third-order valence-electron chi connectivity index (χ3n) is 3.73. The van der Waals surface area contributed by atoms with E-state index in [0.717, 1.165) is 12.1 Å². The van der Waals surface area contributed by atoms with Gasteiger partial charge in [0.25, 0.3) is 5.91 Å². The van der Waals surface area contributed by atoms with Crippen LogP contribution in [0.1, 0.15) is 40.5 Å². The lowest BCUT2D eigenvalue weighted by atomic mass is 10.2. The number of aromatic nitrogens is 3. The minimum atomic E-state index is -0.0843. The minimum absolute atomic E-state index is 0.0843. The third kappa shape index (κ3) is 3.42. The monoisotopic (exact) mass is 282 g/mol. The second kappa shape index (κ2) is 5.99. The predicted octanol–water partition coefficient (Wildman–Crippen LogP) is 2.06. The lowest BCUT2D eigenvalue weighted by Gasteiger charge is -2.16. The molecule has 1 amide bonds. The van der Waals surface area contributed by atoms with Gasteiger partial charge in [0.15, 0.2) is 5.69 Å². The average Bonchev–Trinajstić information content (AvgIpc) is 3.38. The Labute approximate surface area is 124 Å². The molecule has 0 bridgehead atoms. The summed E-state index contributed by atoms with van der Waals surface area (Å²) in [5.41, 5.74) is 2.59. The largest absolute Gasteiger partial charge is 0.340 e. The standard InChI is InChI=1S/C16H18N4O/c1-20(11-8-12-6-9-17-10-7-12)16(21)15-5-4-14(18-19-15)13-2-3-13/h4-7,9-10,13H,2-3,8,11H2,1H3. The van der Waals surface area contributed by atoms with Crippen LogP contribution in [0.2, 0.25) is 0 Å². The van der Waals surface area contributed by atoms with E-state index in [0.29, 0.717) is 18.2 Å². The fourth-order valence-corrected chi connectivity index (χ4v) is 2.20. The van der Waals surface area contributed by atoms with Crippen LogP contribution >= 0.6 is 0 Å². The van der Waals surface area contributed by atoms with Gasteiger partial charge in [0.2, 0.25) is 0 Å². The van der Waals surface area contributed by atoms with Crippen LogP contribution in [-0.2, 0) is 6.42 Å². The van der Waals surface area contributed by atoms with Crippen molar-refractivity contribution in [3.8, 4) is 0 Å². The number of hydrogen-bond acceptors (Lipinski definition) is 4. The molecule has 2 heterocycles. The average molecular weight is 282 g/mol. The second-order valence-electron chi connectivity index (χ2n) is 5.45. The summed E-state index contributed by atoms with van der Waals surface area (Å²) in [6, 6.07) is 7.63. The maximum atomic E-state index is 12.3. The molecule has 0 saturated heterocycles. The molecule has 1 aliphatic carbocycles. The molecule has 0 spiro atoms. The Balaban J connectivity index is 1.58. The topological polar surface area (TPSA) is 59.0 Å². The van der Waals surface area contributed by atoms with E-state index < -0.39 is 0 Å². The maximum absolute atomic E-state index is 12.3. The van der Waals surface area contributed by atoms with E-state index in [4.69, 9.17) is 0 Å². The number of pyridine rings is 1. The zero-order valence-corrected chi connectivity index (χ0v) is 12.1. The van der Waals surface area contributed by atoms with Gasteiger partial charge in [0.05, 0.1) is 5.69 Å². The Kier molecular flexibility index (Phi) is 3.90.